The molecule has 57 heavy (non-hydrogen) atoms. The monoisotopic (exact) mass is 772 g/mol. The summed E-state index contributed by atoms with van der Waals surface area (Å²) in [5.74, 6) is 0.552. The summed E-state index contributed by atoms with van der Waals surface area (Å²) in [6, 6.07) is 34.8. The van der Waals surface area contributed by atoms with E-state index in [-0.39, 0.29) is 37.9 Å². The number of hydrogen-bond donors (Lipinski definition) is 1. The standard InChI is InChI=1S/C42H40N6O9/c1-54-33-17-13-31(14-18-33)42(30-11-7-4-8-12-30,32-15-19-34(55-2)20-16-32)56-28-36-35(49)27-38(57-36)47-23-21-37(44-41(47)51)46(39(50)29-9-5-3-6-10-29)26-25-45-24-22-43-40(45)48(52)53/h3-24,35-36,38,49H,25-28H2,1-2H3/t35-,36+,38+/m0/s1. The van der Waals surface area contributed by atoms with Gasteiger partial charge in [-0.25, -0.2) is 9.36 Å². The molecule has 6 aromatic rings. The van der Waals surface area contributed by atoms with Crippen molar-refractivity contribution in [3.05, 3.63) is 177 Å². The zero-order valence-corrected chi connectivity index (χ0v) is 31.2. The number of rotatable bonds is 15. The Balaban J connectivity index is 1.15. The third-order valence-corrected chi connectivity index (χ3v) is 9.93. The Morgan fingerprint density at radius 1 is 0.895 bits per heavy atom. The fraction of sp³-hybridized carbons (Fsp3) is 0.238. The molecule has 3 heterocycles. The van der Waals surface area contributed by atoms with Crippen LogP contribution >= 0.6 is 0 Å². The Morgan fingerprint density at radius 3 is 2.07 bits per heavy atom. The zero-order valence-electron chi connectivity index (χ0n) is 31.2. The van der Waals surface area contributed by atoms with Crippen molar-refractivity contribution in [2.24, 2.45) is 0 Å². The number of carbonyl (C=O) groups is 1. The lowest BCUT2D eigenvalue weighted by molar-refractivity contribution is -0.396. The lowest BCUT2D eigenvalue weighted by Crippen LogP contribution is -2.38. The summed E-state index contributed by atoms with van der Waals surface area (Å²) in [5, 5.41) is 22.8. The highest BCUT2D eigenvalue weighted by Gasteiger charge is 2.42. The molecule has 0 bridgehead atoms. The maximum atomic E-state index is 13.7. The van der Waals surface area contributed by atoms with Gasteiger partial charge in [0.1, 0.15) is 47.6 Å². The molecule has 7 rings (SSSR count). The minimum absolute atomic E-state index is 0.0107. The number of amides is 1. The van der Waals surface area contributed by atoms with Crippen LogP contribution in [0.3, 0.4) is 0 Å². The Bertz CT molecular complexity index is 2300. The first kappa shape index (κ1) is 38.6. The number of ether oxygens (including phenoxy) is 4. The number of benzene rings is 4. The van der Waals surface area contributed by atoms with E-state index in [0.717, 1.165) is 16.7 Å². The first-order valence-corrected chi connectivity index (χ1v) is 18.2. The number of hydrogen-bond acceptors (Lipinski definition) is 11. The molecular formula is C42H40N6O9. The number of anilines is 1. The Kier molecular flexibility index (Phi) is 11.5. The molecule has 3 atom stereocenters. The summed E-state index contributed by atoms with van der Waals surface area (Å²) < 4.78 is 26.7. The summed E-state index contributed by atoms with van der Waals surface area (Å²) in [6.45, 7) is -0.105. The van der Waals surface area contributed by atoms with Crippen LogP contribution in [0.2, 0.25) is 0 Å². The normalized spacial score (nSPS) is 16.6. The van der Waals surface area contributed by atoms with Gasteiger partial charge in [-0.15, -0.1) is 0 Å². The molecule has 0 spiro atoms. The maximum Gasteiger partial charge on any atom is 0.434 e. The van der Waals surface area contributed by atoms with E-state index in [9.17, 15) is 24.8 Å². The summed E-state index contributed by atoms with van der Waals surface area (Å²) in [5.41, 5.74) is 0.893. The predicted molar refractivity (Wildman–Crippen MR) is 208 cm³/mol. The second kappa shape index (κ2) is 17.0. The number of imidazole rings is 1. The average molecular weight is 773 g/mol. The second-order valence-electron chi connectivity index (χ2n) is 13.2. The maximum absolute atomic E-state index is 13.7. The highest BCUT2D eigenvalue weighted by molar-refractivity contribution is 6.05. The fourth-order valence-corrected chi connectivity index (χ4v) is 7.00. The molecule has 0 radical (unpaired) electrons. The van der Waals surface area contributed by atoms with Gasteiger partial charge in [-0.2, -0.15) is 4.98 Å². The van der Waals surface area contributed by atoms with Gasteiger partial charge in [-0.1, -0.05) is 77.8 Å². The topological polar surface area (TPSA) is 173 Å². The molecule has 15 nitrogen and oxygen atoms in total. The number of aromatic nitrogens is 4. The summed E-state index contributed by atoms with van der Waals surface area (Å²) in [6.07, 6.45) is 1.51. The van der Waals surface area contributed by atoms with Gasteiger partial charge in [0.2, 0.25) is 0 Å². The van der Waals surface area contributed by atoms with E-state index in [4.69, 9.17) is 18.9 Å². The van der Waals surface area contributed by atoms with E-state index in [0.29, 0.717) is 17.1 Å². The molecule has 1 aliphatic heterocycles. The van der Waals surface area contributed by atoms with Crippen molar-refractivity contribution in [3.63, 3.8) is 0 Å². The van der Waals surface area contributed by atoms with Crippen molar-refractivity contribution in [2.75, 3.05) is 32.3 Å². The summed E-state index contributed by atoms with van der Waals surface area (Å²) >= 11 is 0. The van der Waals surface area contributed by atoms with Gasteiger partial charge in [0, 0.05) is 18.2 Å². The second-order valence-corrected chi connectivity index (χ2v) is 13.2. The Labute approximate surface area is 327 Å². The molecule has 292 valence electrons. The van der Waals surface area contributed by atoms with Crippen molar-refractivity contribution < 1.29 is 33.8 Å². The van der Waals surface area contributed by atoms with Crippen molar-refractivity contribution in [1.82, 2.24) is 19.1 Å². The third kappa shape index (κ3) is 8.02. The van der Waals surface area contributed by atoms with Crippen LogP contribution in [0.5, 0.6) is 11.5 Å². The molecule has 1 N–H and O–H groups in total. The van der Waals surface area contributed by atoms with E-state index in [1.54, 1.807) is 44.6 Å². The number of aliphatic hydroxyl groups excluding tert-OH is 1. The van der Waals surface area contributed by atoms with Gasteiger partial charge in [0.25, 0.3) is 5.91 Å². The van der Waals surface area contributed by atoms with Crippen LogP contribution in [0.1, 0.15) is 39.7 Å². The summed E-state index contributed by atoms with van der Waals surface area (Å²) in [7, 11) is 3.20. The van der Waals surface area contributed by atoms with Crippen LogP contribution in [0, 0.1) is 10.1 Å². The Morgan fingerprint density at radius 2 is 1.49 bits per heavy atom. The van der Waals surface area contributed by atoms with Gasteiger partial charge in [-0.3, -0.25) is 14.3 Å². The molecule has 1 amide bonds. The molecule has 0 saturated carbocycles. The SMILES string of the molecule is COc1ccc(C(OC[C@H]2O[C@@H](n3ccc(N(CCn4ccnc4[N+](=O)[O-])C(=O)c4ccccc4)nc3=O)C[C@@H]2O)(c2ccccc2)c2ccc(OC)cc2)cc1. The lowest BCUT2D eigenvalue weighted by Gasteiger charge is -2.37. The van der Waals surface area contributed by atoms with Crippen molar-refractivity contribution in [1.29, 1.82) is 0 Å². The molecule has 1 saturated heterocycles. The number of nitrogens with zero attached hydrogens (tertiary/aromatic N) is 6. The molecule has 1 aliphatic rings. The van der Waals surface area contributed by atoms with E-state index >= 15 is 0 Å². The summed E-state index contributed by atoms with van der Waals surface area (Å²) in [4.78, 5) is 47.5. The molecule has 0 aliphatic carbocycles. The number of aliphatic hydroxyl groups is 1. The van der Waals surface area contributed by atoms with Gasteiger partial charge in [-0.05, 0) is 64.1 Å². The van der Waals surface area contributed by atoms with Crippen LogP contribution in [0.25, 0.3) is 0 Å². The number of nitro groups is 1. The molecule has 15 heteroatoms. The van der Waals surface area contributed by atoms with E-state index in [1.807, 2.05) is 78.9 Å². The van der Waals surface area contributed by atoms with Crippen LogP contribution in [-0.4, -0.2) is 74.6 Å². The van der Waals surface area contributed by atoms with Crippen LogP contribution in [0.15, 0.2) is 139 Å². The van der Waals surface area contributed by atoms with Crippen LogP contribution in [0.4, 0.5) is 11.8 Å². The first-order valence-electron chi connectivity index (χ1n) is 18.2. The Hall–Kier alpha value is -6.68. The van der Waals surface area contributed by atoms with Crippen molar-refractivity contribution >= 4 is 17.7 Å². The predicted octanol–water partition coefficient (Wildman–Crippen LogP) is 5.37. The van der Waals surface area contributed by atoms with Crippen LogP contribution < -0.4 is 20.1 Å². The first-order chi connectivity index (χ1) is 27.7. The quantitative estimate of drug-likeness (QED) is 0.0808. The van der Waals surface area contributed by atoms with Crippen LogP contribution in [-0.2, 0) is 21.6 Å². The van der Waals surface area contributed by atoms with Gasteiger partial charge < -0.3 is 34.2 Å². The zero-order chi connectivity index (χ0) is 39.9. The van der Waals surface area contributed by atoms with Gasteiger partial charge in [0.15, 0.2) is 0 Å². The highest BCUT2D eigenvalue weighted by Crippen LogP contribution is 2.42. The average Bonchev–Trinajstić information content (AvgIpc) is 3.88. The van der Waals surface area contributed by atoms with E-state index in [2.05, 4.69) is 9.97 Å². The molecule has 1 fully saturated rings. The minimum atomic E-state index is -1.16. The van der Waals surface area contributed by atoms with Crippen molar-refractivity contribution in [2.45, 2.75) is 37.0 Å². The lowest BCUT2D eigenvalue weighted by atomic mass is 9.80. The molecule has 2 aromatic heterocycles. The van der Waals surface area contributed by atoms with Crippen molar-refractivity contribution in [3.8, 4) is 11.5 Å². The smallest absolute Gasteiger partial charge is 0.434 e. The highest BCUT2D eigenvalue weighted by atomic mass is 16.6. The van der Waals surface area contributed by atoms with E-state index in [1.165, 1.54) is 38.7 Å². The van der Waals surface area contributed by atoms with Gasteiger partial charge >= 0.3 is 11.6 Å². The number of methoxy groups -OCH3 is 2. The fourth-order valence-electron chi connectivity index (χ4n) is 7.00. The molecule has 0 unspecified atom stereocenters. The molecule has 4 aromatic carbocycles. The third-order valence-electron chi connectivity index (χ3n) is 9.93. The molecular weight excluding hydrogens is 732 g/mol. The largest absolute Gasteiger partial charge is 0.497 e. The van der Waals surface area contributed by atoms with Gasteiger partial charge in [0.05, 0.1) is 40.0 Å². The minimum Gasteiger partial charge on any atom is -0.497 e. The van der Waals surface area contributed by atoms with E-state index < -0.39 is 40.6 Å². The number of carbonyl (C=O) groups excluding carboxylic acids is 1.